The lowest BCUT2D eigenvalue weighted by Crippen LogP contribution is -2.31. The summed E-state index contributed by atoms with van der Waals surface area (Å²) in [5, 5.41) is 4.03. The molecule has 0 aromatic heterocycles. The van der Waals surface area contributed by atoms with Crippen LogP contribution in [0.3, 0.4) is 0 Å². The number of aryl methyl sites for hydroxylation is 1. The van der Waals surface area contributed by atoms with Crippen LogP contribution in [0.15, 0.2) is 24.3 Å². The number of nitrogens with one attached hydrogen (secondary N) is 1. The molecule has 1 aromatic rings. The Morgan fingerprint density at radius 1 is 1.35 bits per heavy atom. The van der Waals surface area contributed by atoms with Crippen molar-refractivity contribution in [1.82, 2.24) is 5.32 Å². The van der Waals surface area contributed by atoms with Gasteiger partial charge in [0.15, 0.2) is 0 Å². The number of benzene rings is 1. The number of carbonyl (C=O) groups excluding carboxylic acids is 1. The number of hydrogen-bond donors (Lipinski definition) is 1. The van der Waals surface area contributed by atoms with E-state index >= 15 is 0 Å². The molecule has 0 bridgehead atoms. The van der Waals surface area contributed by atoms with Crippen LogP contribution in [0.4, 0.5) is 0 Å². The molecular formula is C14H18ClNO. The highest BCUT2D eigenvalue weighted by molar-refractivity contribution is 6.30. The number of carbonyl (C=O) groups is 1. The lowest BCUT2D eigenvalue weighted by atomic mass is 9.90. The van der Waals surface area contributed by atoms with Crippen LogP contribution in [0.5, 0.6) is 0 Å². The number of hydrogen-bond acceptors (Lipinski definition) is 2. The highest BCUT2D eigenvalue weighted by Crippen LogP contribution is 2.17. The van der Waals surface area contributed by atoms with Gasteiger partial charge in [0.1, 0.15) is 5.78 Å². The molecule has 1 aliphatic heterocycles. The van der Waals surface area contributed by atoms with Crippen molar-refractivity contribution in [2.45, 2.75) is 25.7 Å². The molecule has 0 saturated carbocycles. The number of ketones is 1. The Morgan fingerprint density at radius 3 is 2.82 bits per heavy atom. The minimum Gasteiger partial charge on any atom is -0.317 e. The van der Waals surface area contributed by atoms with Gasteiger partial charge in [-0.1, -0.05) is 23.7 Å². The first-order chi connectivity index (χ1) is 8.25. The van der Waals surface area contributed by atoms with Gasteiger partial charge in [-0.05, 0) is 50.0 Å². The maximum Gasteiger partial charge on any atom is 0.136 e. The predicted octanol–water partition coefficient (Wildman–Crippen LogP) is 2.84. The van der Waals surface area contributed by atoms with Gasteiger partial charge in [0.05, 0.1) is 0 Å². The maximum absolute atomic E-state index is 12.0. The van der Waals surface area contributed by atoms with E-state index in [1.807, 2.05) is 24.3 Å². The van der Waals surface area contributed by atoms with Crippen LogP contribution in [0.25, 0.3) is 0 Å². The Kier molecular flexibility index (Phi) is 4.57. The number of Topliss-reactive ketones (excluding diaryl/α,β-unsaturated/α-hetero) is 1. The minimum atomic E-state index is 0.274. The van der Waals surface area contributed by atoms with Crippen molar-refractivity contribution in [2.75, 3.05) is 13.1 Å². The molecule has 2 rings (SSSR count). The van der Waals surface area contributed by atoms with Gasteiger partial charge in [-0.25, -0.2) is 0 Å². The SMILES string of the molecule is O=C(CCc1cccc(Cl)c1)C1CCNCC1. The molecule has 0 spiro atoms. The maximum atomic E-state index is 12.0. The lowest BCUT2D eigenvalue weighted by Gasteiger charge is -2.21. The van der Waals surface area contributed by atoms with Crippen molar-refractivity contribution in [2.24, 2.45) is 5.92 Å². The fourth-order valence-electron chi connectivity index (χ4n) is 2.31. The smallest absolute Gasteiger partial charge is 0.136 e. The molecule has 1 aromatic carbocycles. The average Bonchev–Trinajstić information content (AvgIpc) is 2.37. The Hall–Kier alpha value is -0.860. The van der Waals surface area contributed by atoms with Crippen LogP contribution in [0.1, 0.15) is 24.8 Å². The second-order valence-corrected chi connectivity index (χ2v) is 5.06. The quantitative estimate of drug-likeness (QED) is 0.892. The topological polar surface area (TPSA) is 29.1 Å². The van der Waals surface area contributed by atoms with Gasteiger partial charge in [-0.3, -0.25) is 4.79 Å². The monoisotopic (exact) mass is 251 g/mol. The zero-order chi connectivity index (χ0) is 12.1. The van der Waals surface area contributed by atoms with E-state index in [-0.39, 0.29) is 5.92 Å². The first-order valence-electron chi connectivity index (χ1n) is 6.23. The third kappa shape index (κ3) is 3.83. The van der Waals surface area contributed by atoms with Crippen LogP contribution >= 0.6 is 11.6 Å². The summed E-state index contributed by atoms with van der Waals surface area (Å²) in [6.45, 7) is 1.96. The number of piperidine rings is 1. The Bertz CT molecular complexity index is 386. The molecule has 2 nitrogen and oxygen atoms in total. The Balaban J connectivity index is 1.83. The highest BCUT2D eigenvalue weighted by atomic mass is 35.5. The molecule has 0 amide bonds. The molecule has 17 heavy (non-hydrogen) atoms. The summed E-state index contributed by atoms with van der Waals surface area (Å²) in [7, 11) is 0. The van der Waals surface area contributed by atoms with Crippen LogP contribution in [0.2, 0.25) is 5.02 Å². The van der Waals surface area contributed by atoms with Crippen LogP contribution in [0, 0.1) is 5.92 Å². The summed E-state index contributed by atoms with van der Waals surface area (Å²) in [4.78, 5) is 12.0. The van der Waals surface area contributed by atoms with Gasteiger partial charge in [-0.15, -0.1) is 0 Å². The molecule has 1 heterocycles. The Labute approximate surface area is 107 Å². The van der Waals surface area contributed by atoms with Crippen LogP contribution < -0.4 is 5.32 Å². The average molecular weight is 252 g/mol. The molecule has 3 heteroatoms. The number of rotatable bonds is 4. The molecule has 1 N–H and O–H groups in total. The van der Waals surface area contributed by atoms with Gasteiger partial charge in [0, 0.05) is 17.4 Å². The third-order valence-electron chi connectivity index (χ3n) is 3.34. The minimum absolute atomic E-state index is 0.274. The molecule has 0 atom stereocenters. The van der Waals surface area contributed by atoms with Crippen LogP contribution in [-0.2, 0) is 11.2 Å². The zero-order valence-electron chi connectivity index (χ0n) is 9.92. The van der Waals surface area contributed by atoms with Crippen molar-refractivity contribution in [3.63, 3.8) is 0 Å². The molecule has 0 aliphatic carbocycles. The zero-order valence-corrected chi connectivity index (χ0v) is 10.7. The highest BCUT2D eigenvalue weighted by Gasteiger charge is 2.20. The molecule has 1 aliphatic rings. The van der Waals surface area contributed by atoms with Crippen molar-refractivity contribution in [1.29, 1.82) is 0 Å². The van der Waals surface area contributed by atoms with E-state index in [9.17, 15) is 4.79 Å². The molecule has 0 unspecified atom stereocenters. The second-order valence-electron chi connectivity index (χ2n) is 4.62. The normalized spacial score (nSPS) is 17.0. The van der Waals surface area contributed by atoms with Crippen molar-refractivity contribution < 1.29 is 4.79 Å². The Morgan fingerprint density at radius 2 is 2.12 bits per heavy atom. The predicted molar refractivity (Wildman–Crippen MR) is 70.4 cm³/mol. The van der Waals surface area contributed by atoms with E-state index in [0.29, 0.717) is 12.2 Å². The fraction of sp³-hybridized carbons (Fsp3) is 0.500. The lowest BCUT2D eigenvalue weighted by molar-refractivity contribution is -0.123. The molecular weight excluding hydrogens is 234 g/mol. The second kappa shape index (κ2) is 6.18. The summed E-state index contributed by atoms with van der Waals surface area (Å²) < 4.78 is 0. The van der Waals surface area contributed by atoms with E-state index in [4.69, 9.17) is 11.6 Å². The van der Waals surface area contributed by atoms with E-state index < -0.39 is 0 Å². The van der Waals surface area contributed by atoms with E-state index in [2.05, 4.69) is 5.32 Å². The van der Waals surface area contributed by atoms with Gasteiger partial charge in [0.25, 0.3) is 0 Å². The van der Waals surface area contributed by atoms with E-state index in [0.717, 1.165) is 42.9 Å². The molecule has 92 valence electrons. The molecule has 1 saturated heterocycles. The van der Waals surface area contributed by atoms with Crippen molar-refractivity contribution in [3.8, 4) is 0 Å². The summed E-state index contributed by atoms with van der Waals surface area (Å²) >= 11 is 5.92. The summed E-state index contributed by atoms with van der Waals surface area (Å²) in [6.07, 6.45) is 3.44. The van der Waals surface area contributed by atoms with Crippen molar-refractivity contribution >= 4 is 17.4 Å². The van der Waals surface area contributed by atoms with Crippen LogP contribution in [-0.4, -0.2) is 18.9 Å². The summed E-state index contributed by atoms with van der Waals surface area (Å²) in [5.74, 6) is 0.682. The van der Waals surface area contributed by atoms with Gasteiger partial charge in [0.2, 0.25) is 0 Å². The van der Waals surface area contributed by atoms with E-state index in [1.165, 1.54) is 0 Å². The van der Waals surface area contributed by atoms with E-state index in [1.54, 1.807) is 0 Å². The number of halogens is 1. The first kappa shape index (κ1) is 12.6. The summed E-state index contributed by atoms with van der Waals surface area (Å²) in [5.41, 5.74) is 1.15. The largest absolute Gasteiger partial charge is 0.317 e. The molecule has 0 radical (unpaired) electrons. The standard InChI is InChI=1S/C14H18ClNO/c15-13-3-1-2-11(10-13)4-5-14(17)12-6-8-16-9-7-12/h1-3,10,12,16H,4-9H2. The summed E-state index contributed by atoms with van der Waals surface area (Å²) in [6, 6.07) is 7.77. The van der Waals surface area contributed by atoms with Gasteiger partial charge in [-0.2, -0.15) is 0 Å². The fourth-order valence-corrected chi connectivity index (χ4v) is 2.52. The molecule has 1 fully saturated rings. The first-order valence-corrected chi connectivity index (χ1v) is 6.61. The van der Waals surface area contributed by atoms with Crippen molar-refractivity contribution in [3.05, 3.63) is 34.9 Å². The van der Waals surface area contributed by atoms with Gasteiger partial charge >= 0.3 is 0 Å². The van der Waals surface area contributed by atoms with Gasteiger partial charge < -0.3 is 5.32 Å². The third-order valence-corrected chi connectivity index (χ3v) is 3.58.